The maximum absolute atomic E-state index is 2.37. The summed E-state index contributed by atoms with van der Waals surface area (Å²) in [5.74, 6) is 0.574. The summed E-state index contributed by atoms with van der Waals surface area (Å²) in [6.07, 6.45) is 3.40. The van der Waals surface area contributed by atoms with Gasteiger partial charge in [0.2, 0.25) is 0 Å². The minimum absolute atomic E-state index is 0. The molecule has 0 aliphatic heterocycles. The van der Waals surface area contributed by atoms with Crippen molar-refractivity contribution in [1.82, 2.24) is 0 Å². The van der Waals surface area contributed by atoms with E-state index in [0.717, 1.165) is 6.42 Å². The minimum Gasteiger partial charge on any atom is -0.0622 e. The van der Waals surface area contributed by atoms with E-state index in [1.54, 1.807) is 0 Å². The van der Waals surface area contributed by atoms with Gasteiger partial charge in [0.05, 0.1) is 0 Å². The summed E-state index contributed by atoms with van der Waals surface area (Å²) in [7, 11) is 0. The van der Waals surface area contributed by atoms with Crippen LogP contribution in [-0.2, 0) is 32.6 Å². The first-order valence-corrected chi connectivity index (χ1v) is 8.70. The quantitative estimate of drug-likeness (QED) is 0.465. The van der Waals surface area contributed by atoms with Gasteiger partial charge in [0, 0.05) is 26.2 Å². The normalized spacial score (nSPS) is 12.5. The van der Waals surface area contributed by atoms with Crippen LogP contribution in [0, 0.1) is 0 Å². The molecule has 0 N–H and O–H groups in total. The van der Waals surface area contributed by atoms with Crippen LogP contribution in [0.1, 0.15) is 42.0 Å². The van der Waals surface area contributed by atoms with Gasteiger partial charge in [-0.1, -0.05) is 86.6 Å². The van der Waals surface area contributed by atoms with Crippen molar-refractivity contribution in [3.05, 3.63) is 95.1 Å². The van der Waals surface area contributed by atoms with Gasteiger partial charge in [-0.05, 0) is 57.4 Å². The zero-order valence-corrected chi connectivity index (χ0v) is 17.2. The van der Waals surface area contributed by atoms with Crippen LogP contribution in [0.25, 0.3) is 22.8 Å². The van der Waals surface area contributed by atoms with Crippen molar-refractivity contribution < 1.29 is 26.2 Å². The van der Waals surface area contributed by atoms with Gasteiger partial charge in [0.1, 0.15) is 0 Å². The Morgan fingerprint density at radius 2 is 1.44 bits per heavy atom. The second kappa shape index (κ2) is 7.67. The largest absolute Gasteiger partial charge is 0.0622 e. The first-order valence-electron chi connectivity index (χ1n) is 8.70. The molecule has 0 radical (unpaired) electrons. The number of benzene rings is 3. The summed E-state index contributed by atoms with van der Waals surface area (Å²) < 4.78 is 0. The number of hydrogen-bond acceptors (Lipinski definition) is 0. The Kier molecular flexibility index (Phi) is 5.55. The molecule has 4 rings (SSSR count). The predicted molar refractivity (Wildman–Crippen MR) is 104 cm³/mol. The van der Waals surface area contributed by atoms with Crippen molar-refractivity contribution in [3.63, 3.8) is 0 Å². The van der Waals surface area contributed by atoms with Gasteiger partial charge in [0.15, 0.2) is 0 Å². The fraction of sp³-hybridized carbons (Fsp3) is 0.167. The zero-order chi connectivity index (χ0) is 16.5. The molecule has 0 nitrogen and oxygen atoms in total. The molecule has 3 aromatic carbocycles. The van der Waals surface area contributed by atoms with Crippen LogP contribution in [0.4, 0.5) is 0 Å². The molecule has 1 aliphatic carbocycles. The van der Waals surface area contributed by atoms with E-state index < -0.39 is 0 Å². The Morgan fingerprint density at radius 3 is 2.12 bits per heavy atom. The molecule has 0 spiro atoms. The Labute approximate surface area is 169 Å². The Balaban J connectivity index is 0.00000182. The first-order chi connectivity index (χ1) is 11.7. The van der Waals surface area contributed by atoms with Crippen molar-refractivity contribution >= 4 is 11.6 Å². The van der Waals surface area contributed by atoms with E-state index in [0.29, 0.717) is 5.92 Å². The zero-order valence-electron chi connectivity index (χ0n) is 14.8. The topological polar surface area (TPSA) is 0 Å². The Hall–Kier alpha value is -1.72. The molecule has 0 saturated heterocycles. The van der Waals surface area contributed by atoms with Crippen LogP contribution in [0.3, 0.4) is 0 Å². The van der Waals surface area contributed by atoms with Crippen molar-refractivity contribution in [3.8, 4) is 11.1 Å². The second-order valence-electron chi connectivity index (χ2n) is 6.87. The maximum Gasteiger partial charge on any atom is 0 e. The standard InChI is InChI=1S/C24H22.Zr/c1-17(2)18-11-13-20(14-12-18)23-10-6-9-21-15-22(16-24(21)23)19-7-4-3-5-8-19;/h3-14,16-17H,15H2,1-2H3;. The molecule has 3 aromatic rings. The van der Waals surface area contributed by atoms with E-state index in [4.69, 9.17) is 0 Å². The molecule has 0 saturated carbocycles. The molecule has 0 aromatic heterocycles. The van der Waals surface area contributed by atoms with Crippen LogP contribution in [0.5, 0.6) is 0 Å². The number of fused-ring (bicyclic) bond motifs is 1. The van der Waals surface area contributed by atoms with E-state index in [-0.39, 0.29) is 26.2 Å². The number of rotatable bonds is 3. The monoisotopic (exact) mass is 400 g/mol. The predicted octanol–water partition coefficient (Wildman–Crippen LogP) is 6.57. The van der Waals surface area contributed by atoms with Crippen molar-refractivity contribution in [1.29, 1.82) is 0 Å². The molecular formula is C24H22Zr. The van der Waals surface area contributed by atoms with E-state index >= 15 is 0 Å². The molecule has 0 heterocycles. The summed E-state index contributed by atoms with van der Waals surface area (Å²) in [5.41, 5.74) is 9.60. The molecule has 1 heteroatoms. The summed E-state index contributed by atoms with van der Waals surface area (Å²) in [5, 5.41) is 0. The maximum atomic E-state index is 2.37. The molecule has 0 amide bonds. The molecule has 0 unspecified atom stereocenters. The van der Waals surface area contributed by atoms with Crippen LogP contribution < -0.4 is 0 Å². The van der Waals surface area contributed by atoms with E-state index in [1.165, 1.54) is 39.0 Å². The van der Waals surface area contributed by atoms with Gasteiger partial charge in [-0.15, -0.1) is 0 Å². The van der Waals surface area contributed by atoms with Crippen LogP contribution >= 0.6 is 0 Å². The summed E-state index contributed by atoms with van der Waals surface area (Å²) in [6.45, 7) is 4.48. The van der Waals surface area contributed by atoms with Crippen LogP contribution in [0.15, 0.2) is 72.8 Å². The average molecular weight is 402 g/mol. The van der Waals surface area contributed by atoms with Gasteiger partial charge < -0.3 is 0 Å². The second-order valence-corrected chi connectivity index (χ2v) is 6.87. The third kappa shape index (κ3) is 3.63. The van der Waals surface area contributed by atoms with Crippen molar-refractivity contribution in [2.75, 3.05) is 0 Å². The number of allylic oxidation sites excluding steroid dienone is 1. The summed E-state index contributed by atoms with van der Waals surface area (Å²) in [6, 6.07) is 26.4. The van der Waals surface area contributed by atoms with Gasteiger partial charge in [-0.3, -0.25) is 0 Å². The van der Waals surface area contributed by atoms with Crippen LogP contribution in [-0.4, -0.2) is 0 Å². The molecule has 1 aliphatic rings. The van der Waals surface area contributed by atoms with Gasteiger partial charge in [-0.2, -0.15) is 0 Å². The summed E-state index contributed by atoms with van der Waals surface area (Å²) in [4.78, 5) is 0. The van der Waals surface area contributed by atoms with Gasteiger partial charge in [-0.25, -0.2) is 0 Å². The van der Waals surface area contributed by atoms with E-state index in [9.17, 15) is 0 Å². The molecular weight excluding hydrogens is 379 g/mol. The first kappa shape index (κ1) is 18.1. The summed E-state index contributed by atoms with van der Waals surface area (Å²) >= 11 is 0. The molecule has 0 fully saturated rings. The van der Waals surface area contributed by atoms with Crippen molar-refractivity contribution in [2.24, 2.45) is 0 Å². The molecule has 0 atom stereocenters. The third-order valence-corrected chi connectivity index (χ3v) is 4.93. The molecule has 25 heavy (non-hydrogen) atoms. The van der Waals surface area contributed by atoms with E-state index in [2.05, 4.69) is 92.7 Å². The van der Waals surface area contributed by atoms with E-state index in [1.807, 2.05) is 0 Å². The SMILES string of the molecule is CC(C)c1ccc(-c2cccc3c2C=C(c2ccccc2)C3)cc1.[Zr]. The number of hydrogen-bond donors (Lipinski definition) is 0. The molecule has 122 valence electrons. The van der Waals surface area contributed by atoms with Crippen LogP contribution in [0.2, 0.25) is 0 Å². The fourth-order valence-electron chi connectivity index (χ4n) is 3.50. The minimum atomic E-state index is 0. The Morgan fingerprint density at radius 1 is 0.720 bits per heavy atom. The smallest absolute Gasteiger partial charge is 0 e. The third-order valence-electron chi connectivity index (χ3n) is 4.93. The van der Waals surface area contributed by atoms with Gasteiger partial charge >= 0.3 is 0 Å². The van der Waals surface area contributed by atoms with Crippen molar-refractivity contribution in [2.45, 2.75) is 26.2 Å². The average Bonchev–Trinajstić information content (AvgIpc) is 3.07. The fourth-order valence-corrected chi connectivity index (χ4v) is 3.50. The van der Waals surface area contributed by atoms with Gasteiger partial charge in [0.25, 0.3) is 0 Å². The Bertz CT molecular complexity index is 887. The molecule has 0 bridgehead atoms.